The van der Waals surface area contributed by atoms with Crippen molar-refractivity contribution < 1.29 is 27.9 Å². The van der Waals surface area contributed by atoms with Crippen LogP contribution in [0.25, 0.3) is 16.7 Å². The number of carbonyl (C=O) groups is 3. The fraction of sp³-hybridized carbons (Fsp3) is 0.422. The van der Waals surface area contributed by atoms with Crippen molar-refractivity contribution in [1.82, 2.24) is 10.2 Å². The summed E-state index contributed by atoms with van der Waals surface area (Å²) in [5, 5.41) is 10.7. The number of amides is 2. The van der Waals surface area contributed by atoms with Crippen LogP contribution in [0.1, 0.15) is 80.0 Å². The van der Waals surface area contributed by atoms with E-state index >= 15 is 8.78 Å². The summed E-state index contributed by atoms with van der Waals surface area (Å²) in [6.45, 7) is 4.62. The van der Waals surface area contributed by atoms with Gasteiger partial charge >= 0.3 is 0 Å². The zero-order valence-electron chi connectivity index (χ0n) is 33.3. The van der Waals surface area contributed by atoms with Crippen molar-refractivity contribution in [3.8, 4) is 16.9 Å². The molecule has 3 aromatic carbocycles. The number of nitrogen functional groups attached to an aromatic ring is 1. The Labute approximate surface area is 334 Å². The summed E-state index contributed by atoms with van der Waals surface area (Å²) in [5.41, 5.74) is 16.4. The molecule has 1 unspecified atom stereocenters. The van der Waals surface area contributed by atoms with Crippen LogP contribution in [0.4, 0.5) is 20.2 Å². The summed E-state index contributed by atoms with van der Waals surface area (Å²) >= 11 is 0. The van der Waals surface area contributed by atoms with Crippen LogP contribution in [0.2, 0.25) is 0 Å². The molecule has 0 spiro atoms. The highest BCUT2D eigenvalue weighted by atomic mass is 19.1. The number of hydrogen-bond donors (Lipinski definition) is 4. The van der Waals surface area contributed by atoms with Crippen LogP contribution >= 0.6 is 0 Å². The van der Waals surface area contributed by atoms with Crippen molar-refractivity contribution in [1.29, 1.82) is 5.41 Å². The first-order valence-corrected chi connectivity index (χ1v) is 19.9. The number of ether oxygens (including phenoxy) is 1. The van der Waals surface area contributed by atoms with Gasteiger partial charge in [-0.05, 0) is 96.9 Å². The number of rotatable bonds is 15. The number of aldehydes is 1. The number of piperidine rings is 1. The fourth-order valence-electron chi connectivity index (χ4n) is 7.65. The summed E-state index contributed by atoms with van der Waals surface area (Å²) in [7, 11) is 3.11. The predicted octanol–water partition coefficient (Wildman–Crippen LogP) is 7.03. The van der Waals surface area contributed by atoms with E-state index in [1.807, 2.05) is 24.3 Å². The van der Waals surface area contributed by atoms with Crippen molar-refractivity contribution in [3.63, 3.8) is 0 Å². The van der Waals surface area contributed by atoms with Crippen LogP contribution in [0.5, 0.6) is 5.75 Å². The SMILES string of the molecule is CC1C=C1.CNC(=O)C(CCC=O)c1ccc(N2CCC(CCc3ccc(-c4cc(C5=CCCN(C(=O)CCN)C5)c(F)c(N)c4C=N)c(OC)c3)CC2)c(F)c1. The molecule has 6 N–H and O–H groups in total. The van der Waals surface area contributed by atoms with Crippen molar-refractivity contribution in [2.75, 3.05) is 57.5 Å². The smallest absolute Gasteiger partial charge is 0.227 e. The van der Waals surface area contributed by atoms with E-state index in [1.54, 1.807) is 30.2 Å². The molecule has 1 atom stereocenters. The molecule has 6 rings (SSSR count). The van der Waals surface area contributed by atoms with Crippen LogP contribution in [0.3, 0.4) is 0 Å². The highest BCUT2D eigenvalue weighted by molar-refractivity contribution is 5.98. The lowest BCUT2D eigenvalue weighted by Crippen LogP contribution is -2.36. The molecule has 2 aliphatic heterocycles. The van der Waals surface area contributed by atoms with Crippen molar-refractivity contribution >= 4 is 41.3 Å². The van der Waals surface area contributed by atoms with E-state index in [0.717, 1.165) is 49.7 Å². The van der Waals surface area contributed by atoms with E-state index in [9.17, 15) is 14.4 Å². The van der Waals surface area contributed by atoms with Gasteiger partial charge in [-0.2, -0.15) is 0 Å². The quantitative estimate of drug-likeness (QED) is 0.0559. The molecule has 12 heteroatoms. The number of benzene rings is 3. The molecule has 1 aliphatic carbocycles. The summed E-state index contributed by atoms with van der Waals surface area (Å²) in [5.74, 6) is -0.0229. The Bertz CT molecular complexity index is 1980. The van der Waals surface area contributed by atoms with Gasteiger partial charge in [-0.15, -0.1) is 0 Å². The Morgan fingerprint density at radius 3 is 2.40 bits per heavy atom. The van der Waals surface area contributed by atoms with Gasteiger partial charge in [-0.1, -0.05) is 43.4 Å². The van der Waals surface area contributed by atoms with Crippen molar-refractivity contribution in [2.24, 2.45) is 17.6 Å². The minimum absolute atomic E-state index is 0.0771. The number of halogens is 2. The van der Waals surface area contributed by atoms with E-state index in [4.69, 9.17) is 21.6 Å². The lowest BCUT2D eigenvalue weighted by Gasteiger charge is -2.34. The van der Waals surface area contributed by atoms with E-state index in [0.29, 0.717) is 77.7 Å². The first-order valence-electron chi connectivity index (χ1n) is 19.9. The van der Waals surface area contributed by atoms with E-state index < -0.39 is 11.7 Å². The van der Waals surface area contributed by atoms with Gasteiger partial charge in [-0.3, -0.25) is 9.59 Å². The Morgan fingerprint density at radius 2 is 1.79 bits per heavy atom. The molecule has 10 nitrogen and oxygen atoms in total. The van der Waals surface area contributed by atoms with Crippen molar-refractivity contribution in [2.45, 2.75) is 64.2 Å². The Kier molecular flexibility index (Phi) is 15.1. The number of carbonyl (C=O) groups excluding carboxylic acids is 3. The normalized spacial score (nSPS) is 15.9. The minimum atomic E-state index is -0.617. The Balaban J connectivity index is 0.00000146. The van der Waals surface area contributed by atoms with Gasteiger partial charge in [0.1, 0.15) is 17.9 Å². The molecule has 2 heterocycles. The number of nitrogens with one attached hydrogen (secondary N) is 2. The van der Waals surface area contributed by atoms with Crippen LogP contribution in [-0.2, 0) is 20.8 Å². The molecule has 304 valence electrons. The Hall–Kier alpha value is -5.36. The molecule has 3 aliphatic rings. The monoisotopic (exact) mass is 782 g/mol. The number of hydrogen-bond acceptors (Lipinski definition) is 8. The maximum Gasteiger partial charge on any atom is 0.227 e. The second-order valence-electron chi connectivity index (χ2n) is 15.0. The number of anilines is 2. The van der Waals surface area contributed by atoms with Gasteiger partial charge in [0.05, 0.1) is 24.4 Å². The number of allylic oxidation sites excluding steroid dienone is 2. The molecule has 0 saturated carbocycles. The van der Waals surface area contributed by atoms with E-state index in [2.05, 4.69) is 29.3 Å². The summed E-state index contributed by atoms with van der Waals surface area (Å²) in [6, 6.07) is 12.6. The number of aryl methyl sites for hydroxylation is 1. The molecular formula is C45H56F2N6O4. The van der Waals surface area contributed by atoms with Gasteiger partial charge in [0.2, 0.25) is 11.8 Å². The zero-order valence-corrected chi connectivity index (χ0v) is 33.3. The zero-order chi connectivity index (χ0) is 41.1. The van der Waals surface area contributed by atoms with Crippen LogP contribution < -0.4 is 26.4 Å². The molecule has 3 aromatic rings. The lowest BCUT2D eigenvalue weighted by molar-refractivity contribution is -0.130. The number of nitrogens with zero attached hydrogens (tertiary/aromatic N) is 2. The molecule has 0 bridgehead atoms. The van der Waals surface area contributed by atoms with Crippen LogP contribution in [-0.4, -0.2) is 76.1 Å². The molecule has 2 amide bonds. The topological polar surface area (TPSA) is 155 Å². The Morgan fingerprint density at radius 1 is 1.05 bits per heavy atom. The van der Waals surface area contributed by atoms with Gasteiger partial charge in [0.15, 0.2) is 5.82 Å². The standard InChI is InChI=1S/C41H50F2N6O4.C4H6/c1-47-41(52)30(6-4-20-50)28-10-12-36(35(42)22-28)48-18-14-26(15-19-48)7-8-27-9-11-31(37(21-27)53-2)33-23-32(39(43)40(46)34(33)24-45)29-5-3-17-49(25-29)38(51)13-16-44;1-4-2-3-4/h5,9-12,20-24,26,30,45H,3-4,6-8,13-19,25,44,46H2,1-2H3,(H,47,52);2-4H,1H3. The predicted molar refractivity (Wildman–Crippen MR) is 224 cm³/mol. The first kappa shape index (κ1) is 42.8. The van der Waals surface area contributed by atoms with E-state index in [-0.39, 0.29) is 54.8 Å². The van der Waals surface area contributed by atoms with Crippen LogP contribution in [0.15, 0.2) is 60.7 Å². The lowest BCUT2D eigenvalue weighted by atomic mass is 9.88. The number of likely N-dealkylation sites (N-methyl/N-ethyl adjacent to an activating group) is 1. The number of methoxy groups -OCH3 is 1. The van der Waals surface area contributed by atoms with E-state index in [1.165, 1.54) is 13.1 Å². The highest BCUT2D eigenvalue weighted by Gasteiger charge is 2.27. The van der Waals surface area contributed by atoms with Crippen LogP contribution in [0, 0.1) is 28.9 Å². The average Bonchev–Trinajstić information content (AvgIpc) is 4.03. The second kappa shape index (κ2) is 20.2. The third-order valence-electron chi connectivity index (χ3n) is 11.1. The number of nitrogens with two attached hydrogens (primary N) is 2. The molecule has 1 saturated heterocycles. The van der Waals surface area contributed by atoms with Gasteiger partial charge in [0.25, 0.3) is 0 Å². The minimum Gasteiger partial charge on any atom is -0.496 e. The molecular weight excluding hydrogens is 727 g/mol. The largest absolute Gasteiger partial charge is 0.496 e. The highest BCUT2D eigenvalue weighted by Crippen LogP contribution is 2.40. The molecule has 1 fully saturated rings. The maximum atomic E-state index is 15.7. The fourth-order valence-corrected chi connectivity index (χ4v) is 7.65. The van der Waals surface area contributed by atoms with Gasteiger partial charge < -0.3 is 41.5 Å². The third kappa shape index (κ3) is 10.7. The summed E-state index contributed by atoms with van der Waals surface area (Å²) in [6.07, 6.45) is 13.0. The van der Waals surface area contributed by atoms with Crippen molar-refractivity contribution in [3.05, 3.63) is 94.6 Å². The third-order valence-corrected chi connectivity index (χ3v) is 11.1. The second-order valence-corrected chi connectivity index (χ2v) is 15.0. The summed E-state index contributed by atoms with van der Waals surface area (Å²) in [4.78, 5) is 39.6. The average molecular weight is 783 g/mol. The molecule has 0 aromatic heterocycles. The maximum absolute atomic E-state index is 15.7. The van der Waals surface area contributed by atoms with Gasteiger partial charge in [0, 0.05) is 75.5 Å². The molecule has 57 heavy (non-hydrogen) atoms. The van der Waals surface area contributed by atoms with Gasteiger partial charge in [-0.25, -0.2) is 8.78 Å². The first-order chi connectivity index (χ1) is 27.5. The summed E-state index contributed by atoms with van der Waals surface area (Å²) < 4.78 is 36.9. The molecule has 0 radical (unpaired) electrons.